The third kappa shape index (κ3) is 4.97. The van der Waals surface area contributed by atoms with Crippen molar-refractivity contribution in [3.8, 4) is 0 Å². The van der Waals surface area contributed by atoms with Gasteiger partial charge in [0.2, 0.25) is 0 Å². The minimum Gasteiger partial charge on any atom is -0.466 e. The third-order valence-corrected chi connectivity index (χ3v) is 6.47. The number of nitrogens with one attached hydrogen (secondary N) is 2. The van der Waals surface area contributed by atoms with Gasteiger partial charge in [0.25, 0.3) is 0 Å². The van der Waals surface area contributed by atoms with Gasteiger partial charge in [-0.2, -0.15) is 13.2 Å². The van der Waals surface area contributed by atoms with Crippen molar-refractivity contribution >= 4 is 18.2 Å². The summed E-state index contributed by atoms with van der Waals surface area (Å²) in [6, 6.07) is 8.58. The van der Waals surface area contributed by atoms with Gasteiger partial charge in [-0.05, 0) is 51.0 Å². The molecular formula is C23H27F3N2O4. The van der Waals surface area contributed by atoms with E-state index in [0.717, 1.165) is 0 Å². The van der Waals surface area contributed by atoms with Crippen LogP contribution in [0.5, 0.6) is 0 Å². The number of hydrogen-bond donors (Lipinski definition) is 2. The molecule has 0 aromatic heterocycles. The highest BCUT2D eigenvalue weighted by Crippen LogP contribution is 2.53. The summed E-state index contributed by atoms with van der Waals surface area (Å²) in [7, 11) is 0. The fourth-order valence-electron chi connectivity index (χ4n) is 4.55. The number of ether oxygens (including phenoxy) is 2. The summed E-state index contributed by atoms with van der Waals surface area (Å²) in [6.07, 6.45) is -2.21. The Morgan fingerprint density at radius 1 is 1.06 bits per heavy atom. The first kappa shape index (κ1) is 23.8. The second-order valence-electron chi connectivity index (χ2n) is 8.40. The van der Waals surface area contributed by atoms with Gasteiger partial charge >= 0.3 is 18.1 Å². The van der Waals surface area contributed by atoms with E-state index in [0.29, 0.717) is 50.3 Å². The zero-order valence-corrected chi connectivity index (χ0v) is 17.9. The van der Waals surface area contributed by atoms with Gasteiger partial charge < -0.3 is 20.2 Å². The lowest BCUT2D eigenvalue weighted by molar-refractivity contribution is -0.163. The molecule has 4 rings (SSSR count). The average Bonchev–Trinajstić information content (AvgIpc) is 2.79. The number of alkyl halides is 3. The fraction of sp³-hybridized carbons (Fsp3) is 0.522. The van der Waals surface area contributed by atoms with Crippen LogP contribution in [0.15, 0.2) is 41.6 Å². The number of esters is 2. The van der Waals surface area contributed by atoms with Gasteiger partial charge in [-0.3, -0.25) is 4.79 Å². The molecule has 174 valence electrons. The van der Waals surface area contributed by atoms with Gasteiger partial charge in [0, 0.05) is 11.8 Å². The molecule has 3 fully saturated rings. The Morgan fingerprint density at radius 3 is 2.16 bits per heavy atom. The summed E-state index contributed by atoms with van der Waals surface area (Å²) in [5, 5.41) is 10.0. The van der Waals surface area contributed by atoms with Crippen LogP contribution >= 0.6 is 0 Å². The maximum Gasteiger partial charge on any atom is 0.431 e. The molecule has 0 aliphatic heterocycles. The molecule has 1 aromatic rings. The van der Waals surface area contributed by atoms with Crippen molar-refractivity contribution in [2.24, 2.45) is 5.41 Å². The molecule has 0 radical (unpaired) electrons. The zero-order valence-electron chi connectivity index (χ0n) is 17.9. The van der Waals surface area contributed by atoms with Gasteiger partial charge in [0.1, 0.15) is 17.9 Å². The van der Waals surface area contributed by atoms with Crippen molar-refractivity contribution in [3.63, 3.8) is 0 Å². The molecule has 2 bridgehead atoms. The standard InChI is InChI=1S/C23H27F3N2O4/c1-2-31-20(30)21-8-11-22(12-9-21,13-10-21)28-18(23(24,25)26)17(14-27)19(29)32-15-16-6-4-3-5-7-16/h3-7,14,27-28H,2,8-13,15H2,1H3/b18-17+,27-14?. The Balaban J connectivity index is 1.79. The monoisotopic (exact) mass is 452 g/mol. The van der Waals surface area contributed by atoms with Crippen LogP contribution in [0, 0.1) is 10.8 Å². The topological polar surface area (TPSA) is 88.5 Å². The minimum absolute atomic E-state index is 0.199. The van der Waals surface area contributed by atoms with Crippen LogP contribution in [-0.2, 0) is 25.7 Å². The van der Waals surface area contributed by atoms with Crippen LogP contribution in [-0.4, -0.2) is 36.5 Å². The molecule has 0 saturated heterocycles. The first-order valence-corrected chi connectivity index (χ1v) is 10.6. The maximum absolute atomic E-state index is 14.0. The number of hydrogen-bond acceptors (Lipinski definition) is 6. The van der Waals surface area contributed by atoms with Gasteiger partial charge in [-0.15, -0.1) is 0 Å². The van der Waals surface area contributed by atoms with Crippen molar-refractivity contribution < 1.29 is 32.2 Å². The average molecular weight is 452 g/mol. The molecule has 0 atom stereocenters. The van der Waals surface area contributed by atoms with Crippen LogP contribution in [0.25, 0.3) is 0 Å². The molecule has 6 nitrogen and oxygen atoms in total. The largest absolute Gasteiger partial charge is 0.466 e. The van der Waals surface area contributed by atoms with Gasteiger partial charge in [-0.25, -0.2) is 4.79 Å². The Bertz CT molecular complexity index is 872. The Kier molecular flexibility index (Phi) is 6.95. The molecule has 0 amide bonds. The van der Waals surface area contributed by atoms with Crippen molar-refractivity contribution in [1.29, 1.82) is 5.41 Å². The molecule has 0 spiro atoms. The van der Waals surface area contributed by atoms with Gasteiger partial charge in [0.05, 0.1) is 12.0 Å². The number of halogens is 3. The van der Waals surface area contributed by atoms with Crippen LogP contribution in [0.3, 0.4) is 0 Å². The van der Waals surface area contributed by atoms with E-state index in [1.807, 2.05) is 0 Å². The second kappa shape index (κ2) is 9.34. The van der Waals surface area contributed by atoms with Crippen LogP contribution in [0.4, 0.5) is 13.2 Å². The normalized spacial score (nSPS) is 25.5. The van der Waals surface area contributed by atoms with Crippen LogP contribution in [0.2, 0.25) is 0 Å². The summed E-state index contributed by atoms with van der Waals surface area (Å²) in [5.41, 5.74) is -3.04. The lowest BCUT2D eigenvalue weighted by Gasteiger charge is -2.52. The highest BCUT2D eigenvalue weighted by molar-refractivity contribution is 6.09. The zero-order chi connectivity index (χ0) is 23.4. The molecule has 0 heterocycles. The summed E-state index contributed by atoms with van der Waals surface area (Å²) < 4.78 is 52.1. The third-order valence-electron chi connectivity index (χ3n) is 6.47. The van der Waals surface area contributed by atoms with E-state index in [2.05, 4.69) is 5.32 Å². The lowest BCUT2D eigenvalue weighted by Crippen LogP contribution is -2.58. The summed E-state index contributed by atoms with van der Waals surface area (Å²) >= 11 is 0. The molecule has 2 N–H and O–H groups in total. The summed E-state index contributed by atoms with van der Waals surface area (Å²) in [5.74, 6) is -1.50. The lowest BCUT2D eigenvalue weighted by atomic mass is 9.57. The molecule has 1 aromatic carbocycles. The molecule has 9 heteroatoms. The molecule has 0 unspecified atom stereocenters. The number of carbonyl (C=O) groups excluding carboxylic acids is 2. The molecule has 3 aliphatic carbocycles. The van der Waals surface area contributed by atoms with E-state index in [4.69, 9.17) is 14.9 Å². The van der Waals surface area contributed by atoms with Crippen molar-refractivity contribution in [1.82, 2.24) is 5.32 Å². The predicted molar refractivity (Wildman–Crippen MR) is 111 cm³/mol. The number of fused-ring (bicyclic) bond motifs is 3. The number of carbonyl (C=O) groups is 2. The summed E-state index contributed by atoms with van der Waals surface area (Å²) in [4.78, 5) is 24.8. The Morgan fingerprint density at radius 2 is 1.66 bits per heavy atom. The van der Waals surface area contributed by atoms with Crippen molar-refractivity contribution in [2.45, 2.75) is 63.8 Å². The van der Waals surface area contributed by atoms with Gasteiger partial charge in [-0.1, -0.05) is 30.3 Å². The van der Waals surface area contributed by atoms with E-state index in [1.54, 1.807) is 37.3 Å². The minimum atomic E-state index is -4.87. The first-order chi connectivity index (χ1) is 15.1. The van der Waals surface area contributed by atoms with E-state index in [1.165, 1.54) is 0 Å². The molecular weight excluding hydrogens is 425 g/mol. The Labute approximate surface area is 184 Å². The summed E-state index contributed by atoms with van der Waals surface area (Å²) in [6.45, 7) is 1.79. The quantitative estimate of drug-likeness (QED) is 0.346. The number of rotatable bonds is 8. The number of allylic oxidation sites excluding steroid dienone is 1. The van der Waals surface area contributed by atoms with E-state index in [-0.39, 0.29) is 19.2 Å². The van der Waals surface area contributed by atoms with Gasteiger partial charge in [0.15, 0.2) is 0 Å². The van der Waals surface area contributed by atoms with E-state index in [9.17, 15) is 22.8 Å². The van der Waals surface area contributed by atoms with Crippen molar-refractivity contribution in [2.75, 3.05) is 6.61 Å². The van der Waals surface area contributed by atoms with Crippen LogP contribution in [0.1, 0.15) is 51.0 Å². The molecule has 3 aliphatic rings. The highest BCUT2D eigenvalue weighted by Gasteiger charge is 2.55. The van der Waals surface area contributed by atoms with E-state index < -0.39 is 34.4 Å². The highest BCUT2D eigenvalue weighted by atomic mass is 19.4. The second-order valence-corrected chi connectivity index (χ2v) is 8.40. The smallest absolute Gasteiger partial charge is 0.431 e. The maximum atomic E-state index is 14.0. The first-order valence-electron chi connectivity index (χ1n) is 10.6. The number of benzene rings is 1. The van der Waals surface area contributed by atoms with Crippen molar-refractivity contribution in [3.05, 3.63) is 47.2 Å². The predicted octanol–water partition coefficient (Wildman–Crippen LogP) is 4.44. The van der Waals surface area contributed by atoms with Crippen LogP contribution < -0.4 is 5.32 Å². The molecule has 3 saturated carbocycles. The fourth-order valence-corrected chi connectivity index (χ4v) is 4.55. The van der Waals surface area contributed by atoms with E-state index >= 15 is 0 Å². The SMILES string of the molecule is CCOC(=O)C12CCC(N/C(=C(\C=N)C(=O)OCc3ccccc3)C(F)(F)F)(CC1)CC2. The Hall–Kier alpha value is -2.84. The molecule has 32 heavy (non-hydrogen) atoms.